The molecule has 3 rings (SSSR count). The van der Waals surface area contributed by atoms with Crippen molar-refractivity contribution in [2.45, 2.75) is 6.61 Å². The number of halogens is 4. The first-order valence-corrected chi connectivity index (χ1v) is 10.7. The highest BCUT2D eigenvalue weighted by Crippen LogP contribution is 2.32. The molecule has 0 heterocycles. The lowest BCUT2D eigenvalue weighted by Gasteiger charge is -2.12. The zero-order valence-corrected chi connectivity index (χ0v) is 19.5. The van der Waals surface area contributed by atoms with Crippen LogP contribution in [0.3, 0.4) is 0 Å². The van der Waals surface area contributed by atoms with Crippen molar-refractivity contribution < 1.29 is 9.13 Å². The predicted octanol–water partition coefficient (Wildman–Crippen LogP) is 7.33. The first-order valence-electron chi connectivity index (χ1n) is 8.21. The first kappa shape index (κ1) is 21.1. The van der Waals surface area contributed by atoms with Gasteiger partial charge in [0.05, 0.1) is 18.8 Å². The summed E-state index contributed by atoms with van der Waals surface area (Å²) in [5, 5.41) is 10.1. The van der Waals surface area contributed by atoms with Gasteiger partial charge < -0.3 is 4.74 Å². The van der Waals surface area contributed by atoms with E-state index in [0.29, 0.717) is 27.5 Å². The molecule has 0 aromatic heterocycles. The Morgan fingerprint density at radius 2 is 1.71 bits per heavy atom. The van der Waals surface area contributed by atoms with Crippen LogP contribution in [0.4, 0.5) is 4.39 Å². The van der Waals surface area contributed by atoms with E-state index in [9.17, 15) is 9.65 Å². The van der Waals surface area contributed by atoms with E-state index in [2.05, 4.69) is 51.3 Å². The molecule has 0 atom stereocenters. The predicted molar refractivity (Wildman–Crippen MR) is 128 cm³/mol. The number of nitriles is 1. The molecule has 3 aromatic carbocycles. The molecule has 0 unspecified atom stereocenters. The molecule has 0 bridgehead atoms. The summed E-state index contributed by atoms with van der Waals surface area (Å²) >= 11 is 10.6. The molecule has 0 aliphatic heterocycles. The average molecular weight is 616 g/mol. The molecule has 6 heteroatoms. The highest BCUT2D eigenvalue weighted by molar-refractivity contribution is 14.1. The number of ether oxygens (including phenoxy) is 1. The molecule has 28 heavy (non-hydrogen) atoms. The summed E-state index contributed by atoms with van der Waals surface area (Å²) in [6.45, 7) is 0.150. The van der Waals surface area contributed by atoms with Gasteiger partial charge in [0.2, 0.25) is 0 Å². The molecule has 2 nitrogen and oxygen atoms in total. The van der Waals surface area contributed by atoms with Crippen LogP contribution in [-0.4, -0.2) is 0 Å². The Morgan fingerprint density at radius 1 is 1.07 bits per heavy atom. The molecule has 0 saturated heterocycles. The van der Waals surface area contributed by atoms with Crippen LogP contribution in [0.5, 0.6) is 5.75 Å². The maximum Gasteiger partial charge on any atom is 0.146 e. The van der Waals surface area contributed by atoms with Crippen LogP contribution < -0.4 is 4.74 Å². The molecule has 0 saturated carbocycles. The van der Waals surface area contributed by atoms with E-state index in [1.165, 1.54) is 6.07 Å². The second-order valence-corrected chi connectivity index (χ2v) is 8.58. The quantitative estimate of drug-likeness (QED) is 0.171. The molecule has 3 aromatic rings. The number of benzene rings is 3. The molecule has 0 radical (unpaired) electrons. The maximum absolute atomic E-state index is 13.8. The molecule has 0 spiro atoms. The van der Waals surface area contributed by atoms with E-state index in [-0.39, 0.29) is 12.4 Å². The van der Waals surface area contributed by atoms with Crippen LogP contribution in [0.15, 0.2) is 60.7 Å². The molecule has 0 aliphatic carbocycles. The van der Waals surface area contributed by atoms with Crippen LogP contribution in [-0.2, 0) is 6.61 Å². The second-order valence-electron chi connectivity index (χ2n) is 5.84. The van der Waals surface area contributed by atoms with Gasteiger partial charge >= 0.3 is 0 Å². The van der Waals surface area contributed by atoms with Crippen molar-refractivity contribution in [1.29, 1.82) is 5.26 Å². The molecule has 140 valence electrons. The fourth-order valence-electron chi connectivity index (χ4n) is 2.58. The smallest absolute Gasteiger partial charge is 0.146 e. The maximum atomic E-state index is 13.8. The van der Waals surface area contributed by atoms with Crippen molar-refractivity contribution in [3.05, 3.63) is 95.3 Å². The summed E-state index contributed by atoms with van der Waals surface area (Å²) in [4.78, 5) is 0. The van der Waals surface area contributed by atoms with Crippen LogP contribution in [0.1, 0.15) is 16.7 Å². The van der Waals surface area contributed by atoms with Gasteiger partial charge in [0, 0.05) is 16.1 Å². The lowest BCUT2D eigenvalue weighted by molar-refractivity contribution is 0.295. The summed E-state index contributed by atoms with van der Waals surface area (Å²) in [5.74, 6) is 0.406. The minimum Gasteiger partial charge on any atom is -0.487 e. The minimum atomic E-state index is -0.287. The molecule has 0 N–H and O–H groups in total. The Kier molecular flexibility index (Phi) is 7.32. The average Bonchev–Trinajstić information content (AvgIpc) is 2.67. The second kappa shape index (κ2) is 9.72. The van der Waals surface area contributed by atoms with Gasteiger partial charge in [-0.3, -0.25) is 0 Å². The molecular formula is C22H13ClFI2NO. The van der Waals surface area contributed by atoms with Gasteiger partial charge in [0.25, 0.3) is 0 Å². The lowest BCUT2D eigenvalue weighted by atomic mass is 10.0. The standard InChI is InChI=1S/C22H13ClFI2NO/c23-18-7-3-2-6-17(18)16(12-27)9-14-10-20(25)22(21(26)11-14)28-13-15-5-1-4-8-19(15)24/h1-11H,13H2. The van der Waals surface area contributed by atoms with E-state index in [1.807, 2.05) is 30.3 Å². The van der Waals surface area contributed by atoms with Gasteiger partial charge in [-0.15, -0.1) is 0 Å². The number of hydrogen-bond donors (Lipinski definition) is 0. The largest absolute Gasteiger partial charge is 0.487 e. The van der Waals surface area contributed by atoms with Crippen molar-refractivity contribution >= 4 is 68.4 Å². The minimum absolute atomic E-state index is 0.150. The highest BCUT2D eigenvalue weighted by atomic mass is 127. The third-order valence-corrected chi connectivity index (χ3v) is 5.88. The Hall–Kier alpha value is -1.63. The summed E-state index contributed by atoms with van der Waals surface area (Å²) in [5.41, 5.74) is 2.54. The van der Waals surface area contributed by atoms with Crippen molar-refractivity contribution in [3.63, 3.8) is 0 Å². The topological polar surface area (TPSA) is 33.0 Å². The van der Waals surface area contributed by atoms with E-state index in [1.54, 1.807) is 30.3 Å². The Balaban J connectivity index is 1.88. The van der Waals surface area contributed by atoms with Gasteiger partial charge in [-0.05, 0) is 81.1 Å². The SMILES string of the molecule is N#CC(=Cc1cc(I)c(OCc2ccccc2F)c(I)c1)c1ccccc1Cl. The van der Waals surface area contributed by atoms with Crippen LogP contribution in [0.2, 0.25) is 5.02 Å². The van der Waals surface area contributed by atoms with Crippen molar-refractivity contribution in [1.82, 2.24) is 0 Å². The first-order chi connectivity index (χ1) is 13.5. The molecule has 0 fully saturated rings. The summed E-state index contributed by atoms with van der Waals surface area (Å²) in [7, 11) is 0. The number of rotatable bonds is 5. The van der Waals surface area contributed by atoms with Crippen LogP contribution >= 0.6 is 56.8 Å². The van der Waals surface area contributed by atoms with Gasteiger partial charge in [-0.2, -0.15) is 5.26 Å². The zero-order valence-electron chi connectivity index (χ0n) is 14.4. The van der Waals surface area contributed by atoms with Crippen LogP contribution in [0.25, 0.3) is 11.6 Å². The fourth-order valence-corrected chi connectivity index (χ4v) is 4.95. The monoisotopic (exact) mass is 615 g/mol. The van der Waals surface area contributed by atoms with Gasteiger partial charge in [-0.25, -0.2) is 4.39 Å². The summed E-state index contributed by atoms with van der Waals surface area (Å²) in [6, 6.07) is 19.9. The number of allylic oxidation sites excluding steroid dienone is 1. The van der Waals surface area contributed by atoms with Crippen molar-refractivity contribution in [2.24, 2.45) is 0 Å². The number of nitrogens with zero attached hydrogens (tertiary/aromatic N) is 1. The number of hydrogen-bond acceptors (Lipinski definition) is 2. The van der Waals surface area contributed by atoms with Crippen molar-refractivity contribution in [2.75, 3.05) is 0 Å². The Labute approximate surface area is 195 Å². The summed E-state index contributed by atoms with van der Waals surface area (Å²) in [6.07, 6.45) is 1.80. The third-order valence-electron chi connectivity index (χ3n) is 3.95. The zero-order chi connectivity index (χ0) is 20.1. The van der Waals surface area contributed by atoms with E-state index in [4.69, 9.17) is 16.3 Å². The van der Waals surface area contributed by atoms with Crippen LogP contribution in [0, 0.1) is 24.3 Å². The molecule has 0 amide bonds. The fraction of sp³-hybridized carbons (Fsp3) is 0.0455. The van der Waals surface area contributed by atoms with E-state index >= 15 is 0 Å². The lowest BCUT2D eigenvalue weighted by Crippen LogP contribution is -2.01. The molecular weight excluding hydrogens is 603 g/mol. The van der Waals surface area contributed by atoms with Gasteiger partial charge in [0.15, 0.2) is 0 Å². The Morgan fingerprint density at radius 3 is 2.36 bits per heavy atom. The summed E-state index contributed by atoms with van der Waals surface area (Å²) < 4.78 is 21.4. The highest BCUT2D eigenvalue weighted by Gasteiger charge is 2.12. The van der Waals surface area contributed by atoms with Crippen molar-refractivity contribution in [3.8, 4) is 11.8 Å². The molecule has 0 aliphatic rings. The normalized spacial score (nSPS) is 11.2. The van der Waals surface area contributed by atoms with E-state index in [0.717, 1.165) is 12.7 Å². The third kappa shape index (κ3) is 5.04. The van der Waals surface area contributed by atoms with E-state index < -0.39 is 0 Å². The van der Waals surface area contributed by atoms with Gasteiger partial charge in [0.1, 0.15) is 18.2 Å². The Bertz CT molecular complexity index is 1070. The van der Waals surface area contributed by atoms with Gasteiger partial charge in [-0.1, -0.05) is 48.0 Å².